The number of hydrogen-bond acceptors (Lipinski definition) is 2. The van der Waals surface area contributed by atoms with Crippen molar-refractivity contribution < 1.29 is 0 Å². The first-order valence-electron chi connectivity index (χ1n) is 5.46. The standard InChI is InChI=1S/C12H17ClN2/c1-12(2)6-3-4-11(12)15-10-8-14-7-5-9(10)13/h5,7-8,11,15H,3-4,6H2,1-2H3. The van der Waals surface area contributed by atoms with E-state index in [2.05, 4.69) is 24.1 Å². The minimum Gasteiger partial charge on any atom is -0.379 e. The van der Waals surface area contributed by atoms with Crippen LogP contribution in [-0.4, -0.2) is 11.0 Å². The van der Waals surface area contributed by atoms with Crippen LogP contribution in [-0.2, 0) is 0 Å². The van der Waals surface area contributed by atoms with Crippen LogP contribution in [0.15, 0.2) is 18.5 Å². The van der Waals surface area contributed by atoms with Gasteiger partial charge in [0.05, 0.1) is 16.9 Å². The van der Waals surface area contributed by atoms with Crippen LogP contribution in [0.4, 0.5) is 5.69 Å². The monoisotopic (exact) mass is 224 g/mol. The van der Waals surface area contributed by atoms with Crippen LogP contribution in [0, 0.1) is 5.41 Å². The molecule has 0 saturated heterocycles. The highest BCUT2D eigenvalue weighted by Gasteiger charge is 2.34. The molecule has 1 aromatic heterocycles. The largest absolute Gasteiger partial charge is 0.379 e. The van der Waals surface area contributed by atoms with Crippen molar-refractivity contribution >= 4 is 17.3 Å². The molecule has 1 aliphatic rings. The Morgan fingerprint density at radius 3 is 2.93 bits per heavy atom. The fraction of sp³-hybridized carbons (Fsp3) is 0.583. The van der Waals surface area contributed by atoms with Crippen LogP contribution in [0.25, 0.3) is 0 Å². The lowest BCUT2D eigenvalue weighted by atomic mass is 9.87. The maximum Gasteiger partial charge on any atom is 0.0718 e. The van der Waals surface area contributed by atoms with Crippen molar-refractivity contribution in [3.05, 3.63) is 23.5 Å². The van der Waals surface area contributed by atoms with Gasteiger partial charge in [0.2, 0.25) is 0 Å². The van der Waals surface area contributed by atoms with E-state index in [0.717, 1.165) is 10.7 Å². The summed E-state index contributed by atoms with van der Waals surface area (Å²) in [4.78, 5) is 4.09. The van der Waals surface area contributed by atoms with E-state index in [9.17, 15) is 0 Å². The predicted molar refractivity (Wildman–Crippen MR) is 64.3 cm³/mol. The van der Waals surface area contributed by atoms with Gasteiger partial charge in [-0.15, -0.1) is 0 Å². The SMILES string of the molecule is CC1(C)CCCC1Nc1cnccc1Cl. The number of pyridine rings is 1. The summed E-state index contributed by atoms with van der Waals surface area (Å²) in [6, 6.07) is 2.34. The van der Waals surface area contributed by atoms with Gasteiger partial charge in [0.25, 0.3) is 0 Å². The van der Waals surface area contributed by atoms with Gasteiger partial charge in [-0.1, -0.05) is 31.9 Å². The molecule has 1 unspecified atom stereocenters. The third kappa shape index (κ3) is 2.25. The molecule has 2 rings (SSSR count). The highest BCUT2D eigenvalue weighted by atomic mass is 35.5. The number of hydrogen-bond donors (Lipinski definition) is 1. The molecule has 0 radical (unpaired) electrons. The fourth-order valence-electron chi connectivity index (χ4n) is 2.27. The molecule has 0 aliphatic heterocycles. The summed E-state index contributed by atoms with van der Waals surface area (Å²) in [7, 11) is 0. The van der Waals surface area contributed by atoms with Gasteiger partial charge in [0, 0.05) is 12.2 Å². The molecule has 1 saturated carbocycles. The summed E-state index contributed by atoms with van der Waals surface area (Å²) in [6.07, 6.45) is 7.31. The third-order valence-corrected chi connectivity index (χ3v) is 3.68. The minimum absolute atomic E-state index is 0.360. The molecule has 82 valence electrons. The molecule has 1 atom stereocenters. The number of rotatable bonds is 2. The first-order chi connectivity index (χ1) is 7.09. The molecule has 15 heavy (non-hydrogen) atoms. The fourth-order valence-corrected chi connectivity index (χ4v) is 2.43. The zero-order valence-corrected chi connectivity index (χ0v) is 10.0. The van der Waals surface area contributed by atoms with E-state index >= 15 is 0 Å². The van der Waals surface area contributed by atoms with Crippen LogP contribution < -0.4 is 5.32 Å². The lowest BCUT2D eigenvalue weighted by molar-refractivity contribution is 0.350. The van der Waals surface area contributed by atoms with E-state index < -0.39 is 0 Å². The number of nitrogens with zero attached hydrogens (tertiary/aromatic N) is 1. The van der Waals surface area contributed by atoms with Crippen molar-refractivity contribution in [3.8, 4) is 0 Å². The van der Waals surface area contributed by atoms with Crippen molar-refractivity contribution in [2.24, 2.45) is 5.41 Å². The zero-order chi connectivity index (χ0) is 10.9. The molecule has 1 aromatic rings. The maximum atomic E-state index is 6.09. The molecule has 0 spiro atoms. The second kappa shape index (κ2) is 4.01. The van der Waals surface area contributed by atoms with E-state index in [-0.39, 0.29) is 0 Å². The lowest BCUT2D eigenvalue weighted by Crippen LogP contribution is -2.30. The van der Waals surface area contributed by atoms with E-state index in [1.54, 1.807) is 12.4 Å². The minimum atomic E-state index is 0.360. The summed E-state index contributed by atoms with van der Waals surface area (Å²) >= 11 is 6.09. The van der Waals surface area contributed by atoms with E-state index in [0.29, 0.717) is 11.5 Å². The Kier molecular flexibility index (Phi) is 2.87. The normalized spacial score (nSPS) is 24.1. The van der Waals surface area contributed by atoms with Gasteiger partial charge >= 0.3 is 0 Å². The van der Waals surface area contributed by atoms with Crippen LogP contribution in [0.2, 0.25) is 5.02 Å². The van der Waals surface area contributed by atoms with Crippen molar-refractivity contribution in [2.75, 3.05) is 5.32 Å². The van der Waals surface area contributed by atoms with Crippen molar-refractivity contribution in [1.82, 2.24) is 4.98 Å². The van der Waals surface area contributed by atoms with Gasteiger partial charge in [0.1, 0.15) is 0 Å². The lowest BCUT2D eigenvalue weighted by Gasteiger charge is -2.28. The average Bonchev–Trinajstić information content (AvgIpc) is 2.50. The quantitative estimate of drug-likeness (QED) is 0.828. The van der Waals surface area contributed by atoms with Crippen LogP contribution in [0.3, 0.4) is 0 Å². The first-order valence-corrected chi connectivity index (χ1v) is 5.83. The Balaban J connectivity index is 2.12. The van der Waals surface area contributed by atoms with E-state index in [4.69, 9.17) is 11.6 Å². The highest BCUT2D eigenvalue weighted by molar-refractivity contribution is 6.33. The second-order valence-electron chi connectivity index (χ2n) is 4.93. The molecular formula is C12H17ClN2. The van der Waals surface area contributed by atoms with Crippen molar-refractivity contribution in [3.63, 3.8) is 0 Å². The Morgan fingerprint density at radius 2 is 2.33 bits per heavy atom. The van der Waals surface area contributed by atoms with Gasteiger partial charge in [-0.2, -0.15) is 0 Å². The molecular weight excluding hydrogens is 208 g/mol. The van der Waals surface area contributed by atoms with Gasteiger partial charge in [-0.05, 0) is 24.3 Å². The summed E-state index contributed by atoms with van der Waals surface area (Å²) in [6.45, 7) is 4.61. The number of anilines is 1. The molecule has 1 fully saturated rings. The van der Waals surface area contributed by atoms with Crippen molar-refractivity contribution in [2.45, 2.75) is 39.2 Å². The maximum absolute atomic E-state index is 6.09. The topological polar surface area (TPSA) is 24.9 Å². The van der Waals surface area contributed by atoms with Gasteiger partial charge < -0.3 is 5.32 Å². The van der Waals surface area contributed by atoms with Gasteiger partial charge in [-0.3, -0.25) is 4.98 Å². The molecule has 0 amide bonds. The smallest absolute Gasteiger partial charge is 0.0718 e. The molecule has 0 bridgehead atoms. The molecule has 1 aliphatic carbocycles. The number of halogens is 1. The van der Waals surface area contributed by atoms with Gasteiger partial charge in [0.15, 0.2) is 0 Å². The zero-order valence-electron chi connectivity index (χ0n) is 9.26. The highest BCUT2D eigenvalue weighted by Crippen LogP contribution is 2.39. The second-order valence-corrected chi connectivity index (χ2v) is 5.34. The number of nitrogens with one attached hydrogen (secondary N) is 1. The molecule has 0 aromatic carbocycles. The Hall–Kier alpha value is -0.760. The third-order valence-electron chi connectivity index (χ3n) is 3.35. The molecule has 2 nitrogen and oxygen atoms in total. The predicted octanol–water partition coefficient (Wildman–Crippen LogP) is 3.73. The molecule has 3 heteroatoms. The Morgan fingerprint density at radius 1 is 1.53 bits per heavy atom. The molecule has 1 N–H and O–H groups in total. The summed E-state index contributed by atoms with van der Waals surface area (Å²) in [5.41, 5.74) is 1.32. The first kappa shape index (κ1) is 10.7. The summed E-state index contributed by atoms with van der Waals surface area (Å²) in [5, 5.41) is 4.26. The van der Waals surface area contributed by atoms with Crippen LogP contribution in [0.5, 0.6) is 0 Å². The van der Waals surface area contributed by atoms with Crippen LogP contribution in [0.1, 0.15) is 33.1 Å². The van der Waals surface area contributed by atoms with E-state index in [1.807, 2.05) is 6.07 Å². The summed E-state index contributed by atoms with van der Waals surface area (Å²) < 4.78 is 0. The molecule has 1 heterocycles. The summed E-state index contributed by atoms with van der Waals surface area (Å²) in [5.74, 6) is 0. The van der Waals surface area contributed by atoms with Crippen LogP contribution >= 0.6 is 11.6 Å². The Bertz CT molecular complexity index is 349. The number of aromatic nitrogens is 1. The van der Waals surface area contributed by atoms with Gasteiger partial charge in [-0.25, -0.2) is 0 Å². The average molecular weight is 225 g/mol. The van der Waals surface area contributed by atoms with Crippen molar-refractivity contribution in [1.29, 1.82) is 0 Å². The Labute approximate surface area is 96.1 Å². The van der Waals surface area contributed by atoms with E-state index in [1.165, 1.54) is 19.3 Å².